The predicted molar refractivity (Wildman–Crippen MR) is 142 cm³/mol. The third-order valence-corrected chi connectivity index (χ3v) is 7.86. The van der Waals surface area contributed by atoms with Crippen molar-refractivity contribution in [3.63, 3.8) is 0 Å². The van der Waals surface area contributed by atoms with Crippen molar-refractivity contribution in [2.45, 2.75) is 37.3 Å². The second-order valence-corrected chi connectivity index (χ2v) is 10.6. The molecular weight excluding hydrogens is 516 g/mol. The molecule has 0 bridgehead atoms. The molecule has 1 saturated heterocycles. The van der Waals surface area contributed by atoms with Gasteiger partial charge in [0.05, 0.1) is 23.9 Å². The summed E-state index contributed by atoms with van der Waals surface area (Å²) in [5.74, 6) is 0.669. The molecule has 8 nitrogen and oxygen atoms in total. The van der Waals surface area contributed by atoms with Crippen molar-refractivity contribution < 1.29 is 26.9 Å². The quantitative estimate of drug-likeness (QED) is 0.350. The Bertz CT molecular complexity index is 1340. The van der Waals surface area contributed by atoms with Gasteiger partial charge in [0.15, 0.2) is 0 Å². The lowest BCUT2D eigenvalue weighted by atomic mass is 10.2. The number of urea groups is 1. The third-order valence-electron chi connectivity index (χ3n) is 5.98. The summed E-state index contributed by atoms with van der Waals surface area (Å²) < 4.78 is 42.5. The van der Waals surface area contributed by atoms with Crippen molar-refractivity contribution in [2.75, 3.05) is 25.6 Å². The monoisotopic (exact) mass is 544 g/mol. The van der Waals surface area contributed by atoms with Gasteiger partial charge in [-0.2, -0.15) is 8.42 Å². The maximum absolute atomic E-state index is 13.3. The maximum atomic E-state index is 13.3. The molecule has 1 fully saturated rings. The molecule has 1 heterocycles. The lowest BCUT2D eigenvalue weighted by Gasteiger charge is -2.26. The number of anilines is 1. The van der Waals surface area contributed by atoms with Gasteiger partial charge in [0.2, 0.25) is 0 Å². The molecule has 0 aromatic heterocycles. The van der Waals surface area contributed by atoms with E-state index >= 15 is 0 Å². The third kappa shape index (κ3) is 6.74. The van der Waals surface area contributed by atoms with Gasteiger partial charge < -0.3 is 23.9 Å². The Hall–Kier alpha value is -3.27. The highest BCUT2D eigenvalue weighted by molar-refractivity contribution is 7.87. The minimum Gasteiger partial charge on any atom is -0.495 e. The van der Waals surface area contributed by atoms with E-state index in [1.807, 2.05) is 12.1 Å². The van der Waals surface area contributed by atoms with Gasteiger partial charge in [-0.15, -0.1) is 0 Å². The smallest absolute Gasteiger partial charge is 0.340 e. The number of halogens is 1. The van der Waals surface area contributed by atoms with Crippen LogP contribution < -0.4 is 14.2 Å². The van der Waals surface area contributed by atoms with E-state index in [1.165, 1.54) is 6.07 Å². The van der Waals surface area contributed by atoms with Gasteiger partial charge in [-0.3, -0.25) is 0 Å². The Labute approximate surface area is 222 Å². The van der Waals surface area contributed by atoms with Crippen LogP contribution in [0.2, 0.25) is 5.02 Å². The molecule has 1 aliphatic rings. The molecule has 2 amide bonds. The number of hydrogen-bond donors (Lipinski definition) is 1. The van der Waals surface area contributed by atoms with E-state index in [0.29, 0.717) is 35.7 Å². The number of ether oxygens (including phenoxy) is 2. The number of amides is 2. The number of para-hydroxylation sites is 2. The minimum absolute atomic E-state index is 0.0711. The Balaban J connectivity index is 1.55. The zero-order chi connectivity index (χ0) is 26.4. The summed E-state index contributed by atoms with van der Waals surface area (Å²) in [5.41, 5.74) is 1.72. The van der Waals surface area contributed by atoms with Gasteiger partial charge in [0.1, 0.15) is 16.4 Å². The number of nitrogens with one attached hydrogen (secondary N) is 1. The van der Waals surface area contributed by atoms with Crippen molar-refractivity contribution in [3.8, 4) is 11.5 Å². The molecule has 4 rings (SSSR count). The predicted octanol–water partition coefficient (Wildman–Crippen LogP) is 5.64. The van der Waals surface area contributed by atoms with E-state index in [9.17, 15) is 13.2 Å². The molecule has 0 saturated carbocycles. The summed E-state index contributed by atoms with van der Waals surface area (Å²) in [5, 5.41) is 3.00. The van der Waals surface area contributed by atoms with Crippen LogP contribution in [0.1, 0.15) is 24.0 Å². The van der Waals surface area contributed by atoms with Crippen LogP contribution in [-0.2, 0) is 21.4 Å². The van der Waals surface area contributed by atoms with E-state index in [2.05, 4.69) is 5.32 Å². The van der Waals surface area contributed by atoms with Crippen LogP contribution >= 0.6 is 11.6 Å². The lowest BCUT2D eigenvalue weighted by Crippen LogP contribution is -2.39. The summed E-state index contributed by atoms with van der Waals surface area (Å²) in [6.07, 6.45) is 1.72. The summed E-state index contributed by atoms with van der Waals surface area (Å²) in [6, 6.07) is 18.3. The second-order valence-electron chi connectivity index (χ2n) is 8.72. The van der Waals surface area contributed by atoms with Gasteiger partial charge >= 0.3 is 16.1 Å². The summed E-state index contributed by atoms with van der Waals surface area (Å²) >= 11 is 6.15. The first-order valence-electron chi connectivity index (χ1n) is 11.9. The highest BCUT2D eigenvalue weighted by Crippen LogP contribution is 2.29. The fourth-order valence-corrected chi connectivity index (χ4v) is 5.93. The molecule has 0 unspecified atom stereocenters. The lowest BCUT2D eigenvalue weighted by molar-refractivity contribution is 0.0819. The zero-order valence-electron chi connectivity index (χ0n) is 20.6. The Morgan fingerprint density at radius 3 is 2.65 bits per heavy atom. The Morgan fingerprint density at radius 2 is 1.92 bits per heavy atom. The summed E-state index contributed by atoms with van der Waals surface area (Å²) in [6.45, 7) is 2.91. The molecule has 1 atom stereocenters. The molecule has 1 N–H and O–H groups in total. The average molecular weight is 545 g/mol. The normalized spacial score (nSPS) is 15.3. The van der Waals surface area contributed by atoms with Crippen LogP contribution in [0.25, 0.3) is 0 Å². The van der Waals surface area contributed by atoms with Crippen LogP contribution in [0.5, 0.6) is 11.5 Å². The Kier molecular flexibility index (Phi) is 8.58. The van der Waals surface area contributed by atoms with E-state index in [0.717, 1.165) is 12.8 Å². The van der Waals surface area contributed by atoms with Crippen molar-refractivity contribution in [1.29, 1.82) is 0 Å². The number of carbonyl (C=O) groups excluding carboxylic acids is 1. The Morgan fingerprint density at radius 1 is 1.14 bits per heavy atom. The highest BCUT2D eigenvalue weighted by atomic mass is 35.5. The van der Waals surface area contributed by atoms with Crippen LogP contribution in [0, 0.1) is 6.92 Å². The first-order valence-corrected chi connectivity index (χ1v) is 13.6. The van der Waals surface area contributed by atoms with Crippen molar-refractivity contribution in [2.24, 2.45) is 0 Å². The number of rotatable bonds is 9. The molecule has 37 heavy (non-hydrogen) atoms. The molecule has 0 aliphatic carbocycles. The molecular formula is C27H29ClN2O6S. The standard InChI is InChI=1S/C27H29ClN2O6S/c1-19-8-5-12-23(28)26(19)37(32,33)36-21-10-6-9-20(16-21)17-30(18-22-11-7-15-35-22)27(31)29-24-13-3-4-14-25(24)34-2/h3-6,8-10,12-14,16,22H,7,11,15,17-18H2,1-2H3,(H,29,31)/t22-/m0/s1. The van der Waals surface area contributed by atoms with Gasteiger partial charge in [-0.25, -0.2) is 4.79 Å². The SMILES string of the molecule is COc1ccccc1NC(=O)N(Cc1cccc(OS(=O)(=O)c2c(C)cccc2Cl)c1)C[C@@H]1CCCO1. The summed E-state index contributed by atoms with van der Waals surface area (Å²) in [7, 11) is -2.62. The van der Waals surface area contributed by atoms with Gasteiger partial charge in [-0.05, 0) is 61.2 Å². The fourth-order valence-electron chi connectivity index (χ4n) is 4.21. The first-order chi connectivity index (χ1) is 17.8. The van der Waals surface area contributed by atoms with Gasteiger partial charge in [0, 0.05) is 19.7 Å². The highest BCUT2D eigenvalue weighted by Gasteiger charge is 2.25. The molecule has 3 aromatic carbocycles. The number of benzene rings is 3. The fraction of sp³-hybridized carbons (Fsp3) is 0.296. The van der Waals surface area contributed by atoms with Crippen LogP contribution in [0.4, 0.5) is 10.5 Å². The topological polar surface area (TPSA) is 94.2 Å². The number of aryl methyl sites for hydroxylation is 1. The van der Waals surface area contributed by atoms with E-state index in [1.54, 1.807) is 67.5 Å². The van der Waals surface area contributed by atoms with E-state index < -0.39 is 10.1 Å². The first kappa shape index (κ1) is 26.8. The van der Waals surface area contributed by atoms with Crippen LogP contribution in [0.3, 0.4) is 0 Å². The number of methoxy groups -OCH3 is 1. The molecule has 196 valence electrons. The molecule has 3 aromatic rings. The largest absolute Gasteiger partial charge is 0.495 e. The van der Waals surface area contributed by atoms with Crippen molar-refractivity contribution in [3.05, 3.63) is 82.9 Å². The number of hydrogen-bond acceptors (Lipinski definition) is 6. The average Bonchev–Trinajstić information content (AvgIpc) is 3.37. The van der Waals surface area contributed by atoms with E-state index in [-0.39, 0.29) is 34.3 Å². The van der Waals surface area contributed by atoms with Crippen LogP contribution in [-0.4, -0.2) is 45.7 Å². The molecule has 0 spiro atoms. The summed E-state index contributed by atoms with van der Waals surface area (Å²) in [4.78, 5) is 14.9. The minimum atomic E-state index is -4.16. The molecule has 1 aliphatic heterocycles. The van der Waals surface area contributed by atoms with Crippen molar-refractivity contribution in [1.82, 2.24) is 4.90 Å². The van der Waals surface area contributed by atoms with E-state index in [4.69, 9.17) is 25.3 Å². The van der Waals surface area contributed by atoms with Gasteiger partial charge in [-0.1, -0.05) is 48.0 Å². The van der Waals surface area contributed by atoms with Gasteiger partial charge in [0.25, 0.3) is 0 Å². The zero-order valence-corrected chi connectivity index (χ0v) is 22.2. The van der Waals surface area contributed by atoms with Crippen molar-refractivity contribution >= 4 is 33.4 Å². The molecule has 10 heteroatoms. The second kappa shape index (κ2) is 11.9. The van der Waals surface area contributed by atoms with Crippen LogP contribution in [0.15, 0.2) is 71.6 Å². The molecule has 0 radical (unpaired) electrons. The maximum Gasteiger partial charge on any atom is 0.340 e. The number of nitrogens with zero attached hydrogens (tertiary/aromatic N) is 1. The number of carbonyl (C=O) groups is 1.